The molecule has 0 aliphatic rings. The van der Waals surface area contributed by atoms with Crippen LogP contribution in [0.4, 0.5) is 0 Å². The molecular weight excluding hydrogens is 168 g/mol. The first-order valence-corrected chi connectivity index (χ1v) is 5.05. The summed E-state index contributed by atoms with van der Waals surface area (Å²) in [6.07, 6.45) is 1.80. The molecule has 0 heterocycles. The molecule has 0 aliphatic carbocycles. The molecule has 0 aromatic heterocycles. The summed E-state index contributed by atoms with van der Waals surface area (Å²) in [6.45, 7) is 3.88. The fourth-order valence-electron chi connectivity index (χ4n) is 0.875. The van der Waals surface area contributed by atoms with Gasteiger partial charge in [-0.05, 0) is 26.0 Å². The van der Waals surface area contributed by atoms with Crippen molar-refractivity contribution in [3.63, 3.8) is 0 Å². The van der Waals surface area contributed by atoms with E-state index in [0.29, 0.717) is 0 Å². The average molecular weight is 180 g/mol. The lowest BCUT2D eigenvalue weighted by atomic mass is 10.2. The molecule has 12 heavy (non-hydrogen) atoms. The zero-order chi connectivity index (χ0) is 8.97. The number of rotatable bonds is 2. The third-order valence-corrected chi connectivity index (χ3v) is 2.77. The van der Waals surface area contributed by atoms with Gasteiger partial charge in [0, 0.05) is 10.3 Å². The molecule has 0 N–H and O–H groups in total. The lowest BCUT2D eigenvalue weighted by molar-refractivity contribution is 0.688. The zero-order valence-corrected chi connectivity index (χ0v) is 8.10. The summed E-state index contributed by atoms with van der Waals surface area (Å²) in [5.74, 6) is 0. The predicted molar refractivity (Wildman–Crippen MR) is 52.4 cm³/mol. The van der Waals surface area contributed by atoms with E-state index in [0.717, 1.165) is 4.90 Å². The predicted octanol–water partition coefficient (Wildman–Crippen LogP) is 2.64. The normalized spacial score (nSPS) is 13.5. The van der Waals surface area contributed by atoms with Crippen LogP contribution in [0.1, 0.15) is 12.5 Å². The smallest absolute Gasteiger partial charge is 0.0772 e. The van der Waals surface area contributed by atoms with E-state index in [4.69, 9.17) is 0 Å². The quantitative estimate of drug-likeness (QED) is 0.683. The van der Waals surface area contributed by atoms with Crippen molar-refractivity contribution < 1.29 is 4.21 Å². The molecular formula is C10H12OS. The van der Waals surface area contributed by atoms with Crippen LogP contribution in [-0.2, 0) is 10.8 Å². The lowest BCUT2D eigenvalue weighted by Crippen LogP contribution is -1.85. The molecule has 1 aromatic carbocycles. The Kier molecular flexibility index (Phi) is 3.23. The van der Waals surface area contributed by atoms with Gasteiger partial charge in [0.05, 0.1) is 10.8 Å². The van der Waals surface area contributed by atoms with E-state index in [1.807, 2.05) is 38.1 Å². The number of benzene rings is 1. The Hall–Kier alpha value is -0.890. The molecule has 0 aliphatic heterocycles. The first-order valence-electron chi connectivity index (χ1n) is 3.84. The summed E-state index contributed by atoms with van der Waals surface area (Å²) >= 11 is 0. The molecule has 1 rings (SSSR count). The summed E-state index contributed by atoms with van der Waals surface area (Å²) in [6, 6.07) is 7.73. The van der Waals surface area contributed by atoms with E-state index >= 15 is 0 Å². The Balaban J connectivity index is 2.90. The van der Waals surface area contributed by atoms with Crippen LogP contribution in [0.2, 0.25) is 0 Å². The molecule has 64 valence electrons. The minimum absolute atomic E-state index is 0.860. The lowest BCUT2D eigenvalue weighted by Gasteiger charge is -1.96. The minimum atomic E-state index is -0.972. The number of allylic oxidation sites excluding steroid dienone is 1. The fraction of sp³-hybridized carbons (Fsp3) is 0.200. The van der Waals surface area contributed by atoms with Crippen molar-refractivity contribution in [1.82, 2.24) is 0 Å². The molecule has 0 unspecified atom stereocenters. The van der Waals surface area contributed by atoms with Gasteiger partial charge in [-0.3, -0.25) is 0 Å². The highest BCUT2D eigenvalue weighted by Crippen LogP contribution is 2.08. The van der Waals surface area contributed by atoms with Gasteiger partial charge in [-0.25, -0.2) is 4.21 Å². The van der Waals surface area contributed by atoms with E-state index in [-0.39, 0.29) is 0 Å². The highest BCUT2D eigenvalue weighted by molar-refractivity contribution is 7.88. The molecule has 0 amide bonds. The molecule has 0 spiro atoms. The van der Waals surface area contributed by atoms with Gasteiger partial charge in [0.15, 0.2) is 0 Å². The van der Waals surface area contributed by atoms with Gasteiger partial charge in [0.25, 0.3) is 0 Å². The van der Waals surface area contributed by atoms with Gasteiger partial charge in [-0.1, -0.05) is 23.8 Å². The first kappa shape index (κ1) is 9.20. The largest absolute Gasteiger partial charge is 0.250 e. The summed E-state index contributed by atoms with van der Waals surface area (Å²) in [5.41, 5.74) is 1.19. The van der Waals surface area contributed by atoms with Crippen LogP contribution in [0.25, 0.3) is 0 Å². The maximum atomic E-state index is 11.4. The van der Waals surface area contributed by atoms with Gasteiger partial charge in [-0.2, -0.15) is 0 Å². The molecule has 0 fully saturated rings. The fourth-order valence-corrected chi connectivity index (χ4v) is 1.68. The molecule has 0 saturated heterocycles. The van der Waals surface area contributed by atoms with Crippen molar-refractivity contribution >= 4 is 10.8 Å². The second kappa shape index (κ2) is 4.21. The first-order chi connectivity index (χ1) is 5.74. The van der Waals surface area contributed by atoms with Crippen LogP contribution in [0, 0.1) is 6.92 Å². The van der Waals surface area contributed by atoms with Crippen molar-refractivity contribution in [2.24, 2.45) is 0 Å². The number of aryl methyl sites for hydroxylation is 1. The standard InChI is InChI=1S/C10H12OS/c1-3-8-12(11)10-6-4-9(2)5-7-10/h3-8H,1-2H3/t12-/m0/s1. The SMILES string of the molecule is CC=C[S@](=O)c1ccc(C)cc1. The van der Waals surface area contributed by atoms with Crippen LogP contribution < -0.4 is 0 Å². The van der Waals surface area contributed by atoms with E-state index < -0.39 is 10.8 Å². The molecule has 1 aromatic rings. The summed E-state index contributed by atoms with van der Waals surface area (Å²) < 4.78 is 11.4. The van der Waals surface area contributed by atoms with Crippen LogP contribution in [0.3, 0.4) is 0 Å². The second-order valence-corrected chi connectivity index (χ2v) is 3.92. The third kappa shape index (κ3) is 2.31. The van der Waals surface area contributed by atoms with Crippen LogP contribution >= 0.6 is 0 Å². The third-order valence-electron chi connectivity index (χ3n) is 1.51. The summed E-state index contributed by atoms with van der Waals surface area (Å²) in [4.78, 5) is 0.860. The Labute approximate surface area is 75.6 Å². The molecule has 2 heteroatoms. The van der Waals surface area contributed by atoms with E-state index in [9.17, 15) is 4.21 Å². The highest BCUT2D eigenvalue weighted by atomic mass is 32.2. The van der Waals surface area contributed by atoms with Crippen LogP contribution in [0.15, 0.2) is 40.6 Å². The molecule has 1 nitrogen and oxygen atoms in total. The van der Waals surface area contributed by atoms with E-state index in [1.54, 1.807) is 11.5 Å². The van der Waals surface area contributed by atoms with E-state index in [1.165, 1.54) is 5.56 Å². The maximum Gasteiger partial charge on any atom is 0.0772 e. The molecule has 1 atom stereocenters. The highest BCUT2D eigenvalue weighted by Gasteiger charge is 1.96. The van der Waals surface area contributed by atoms with Gasteiger partial charge in [0.1, 0.15) is 0 Å². The number of hydrogen-bond acceptors (Lipinski definition) is 1. The Bertz CT molecular complexity index is 298. The van der Waals surface area contributed by atoms with Crippen molar-refractivity contribution in [2.75, 3.05) is 0 Å². The summed E-state index contributed by atoms with van der Waals surface area (Å²) in [5, 5.41) is 1.69. The monoisotopic (exact) mass is 180 g/mol. The zero-order valence-electron chi connectivity index (χ0n) is 7.28. The molecule has 0 saturated carbocycles. The van der Waals surface area contributed by atoms with Crippen molar-refractivity contribution in [2.45, 2.75) is 18.7 Å². The van der Waals surface area contributed by atoms with Crippen LogP contribution in [0.5, 0.6) is 0 Å². The van der Waals surface area contributed by atoms with Crippen molar-refractivity contribution in [3.8, 4) is 0 Å². The molecule has 0 bridgehead atoms. The van der Waals surface area contributed by atoms with Crippen molar-refractivity contribution in [1.29, 1.82) is 0 Å². The average Bonchev–Trinajstić information content (AvgIpc) is 2.06. The van der Waals surface area contributed by atoms with Gasteiger partial charge < -0.3 is 0 Å². The Morgan fingerprint density at radius 3 is 2.33 bits per heavy atom. The van der Waals surface area contributed by atoms with Gasteiger partial charge >= 0.3 is 0 Å². The topological polar surface area (TPSA) is 17.1 Å². The Morgan fingerprint density at radius 1 is 1.25 bits per heavy atom. The summed E-state index contributed by atoms with van der Waals surface area (Å²) in [7, 11) is -0.972. The van der Waals surface area contributed by atoms with Gasteiger partial charge in [0.2, 0.25) is 0 Å². The maximum absolute atomic E-state index is 11.4. The van der Waals surface area contributed by atoms with E-state index in [2.05, 4.69) is 0 Å². The van der Waals surface area contributed by atoms with Gasteiger partial charge in [-0.15, -0.1) is 0 Å². The number of hydrogen-bond donors (Lipinski definition) is 0. The molecule has 0 radical (unpaired) electrons. The minimum Gasteiger partial charge on any atom is -0.250 e. The van der Waals surface area contributed by atoms with Crippen LogP contribution in [-0.4, -0.2) is 4.21 Å². The van der Waals surface area contributed by atoms with Crippen molar-refractivity contribution in [3.05, 3.63) is 41.3 Å². The Morgan fingerprint density at radius 2 is 1.83 bits per heavy atom. The second-order valence-electron chi connectivity index (χ2n) is 2.58.